The standard InChI is InChI=1S/C16H23N3O3S/c1-3-23(21,22)18-9-11-19(13(2)20)10-8-14-12-17-16-7-5-4-6-15(14)16/h4-7,12,17-18H,3,8-11H2,1-2H3. The molecule has 0 aliphatic carbocycles. The van der Waals surface area contributed by atoms with E-state index in [1.165, 1.54) is 6.92 Å². The first-order valence-corrected chi connectivity index (χ1v) is 9.36. The van der Waals surface area contributed by atoms with Crippen molar-refractivity contribution in [3.05, 3.63) is 36.0 Å². The van der Waals surface area contributed by atoms with Crippen LogP contribution in [0.1, 0.15) is 19.4 Å². The first-order chi connectivity index (χ1) is 10.9. The van der Waals surface area contributed by atoms with Gasteiger partial charge < -0.3 is 9.88 Å². The molecular formula is C16H23N3O3S. The highest BCUT2D eigenvalue weighted by atomic mass is 32.2. The Morgan fingerprint density at radius 3 is 2.70 bits per heavy atom. The van der Waals surface area contributed by atoms with Gasteiger partial charge in [0.25, 0.3) is 0 Å². The second kappa shape index (κ2) is 7.61. The predicted molar refractivity (Wildman–Crippen MR) is 91.7 cm³/mol. The molecule has 0 atom stereocenters. The predicted octanol–water partition coefficient (Wildman–Crippen LogP) is 1.50. The minimum atomic E-state index is -3.22. The maximum absolute atomic E-state index is 11.7. The Bertz CT molecular complexity index is 768. The summed E-state index contributed by atoms with van der Waals surface area (Å²) in [7, 11) is -3.22. The van der Waals surface area contributed by atoms with E-state index in [0.29, 0.717) is 13.1 Å². The lowest BCUT2D eigenvalue weighted by Crippen LogP contribution is -2.38. The largest absolute Gasteiger partial charge is 0.361 e. The molecule has 6 nitrogen and oxygen atoms in total. The average molecular weight is 337 g/mol. The van der Waals surface area contributed by atoms with E-state index in [0.717, 1.165) is 22.9 Å². The molecule has 2 N–H and O–H groups in total. The van der Waals surface area contributed by atoms with Gasteiger partial charge in [0.15, 0.2) is 0 Å². The van der Waals surface area contributed by atoms with Gasteiger partial charge in [-0.2, -0.15) is 0 Å². The fourth-order valence-electron chi connectivity index (χ4n) is 2.46. The van der Waals surface area contributed by atoms with E-state index in [1.54, 1.807) is 11.8 Å². The van der Waals surface area contributed by atoms with Gasteiger partial charge in [0, 0.05) is 43.7 Å². The number of aromatic amines is 1. The zero-order valence-corrected chi connectivity index (χ0v) is 14.3. The normalized spacial score (nSPS) is 11.7. The molecule has 1 aromatic carbocycles. The van der Waals surface area contributed by atoms with Crippen molar-refractivity contribution in [3.63, 3.8) is 0 Å². The van der Waals surface area contributed by atoms with Crippen LogP contribution in [0.5, 0.6) is 0 Å². The van der Waals surface area contributed by atoms with E-state index in [9.17, 15) is 13.2 Å². The Morgan fingerprint density at radius 2 is 2.00 bits per heavy atom. The van der Waals surface area contributed by atoms with Gasteiger partial charge in [0.2, 0.25) is 15.9 Å². The minimum absolute atomic E-state index is 0.0441. The zero-order chi connectivity index (χ0) is 16.9. The van der Waals surface area contributed by atoms with Crippen LogP contribution in [-0.2, 0) is 21.2 Å². The Labute approximate surface area is 136 Å². The molecule has 0 saturated carbocycles. The number of para-hydroxylation sites is 1. The first-order valence-electron chi connectivity index (χ1n) is 7.71. The van der Waals surface area contributed by atoms with Gasteiger partial charge in [-0.3, -0.25) is 4.79 Å². The highest BCUT2D eigenvalue weighted by molar-refractivity contribution is 7.89. The second-order valence-corrected chi connectivity index (χ2v) is 7.51. The fraction of sp³-hybridized carbons (Fsp3) is 0.438. The summed E-state index contributed by atoms with van der Waals surface area (Å²) in [5.74, 6) is -0.0110. The van der Waals surface area contributed by atoms with Crippen molar-refractivity contribution in [1.29, 1.82) is 0 Å². The number of sulfonamides is 1. The van der Waals surface area contributed by atoms with Crippen molar-refractivity contribution < 1.29 is 13.2 Å². The monoisotopic (exact) mass is 337 g/mol. The molecule has 7 heteroatoms. The van der Waals surface area contributed by atoms with Gasteiger partial charge >= 0.3 is 0 Å². The number of amides is 1. The molecule has 0 radical (unpaired) electrons. The lowest BCUT2D eigenvalue weighted by molar-refractivity contribution is -0.128. The Hall–Kier alpha value is -1.86. The molecule has 1 heterocycles. The number of nitrogens with zero attached hydrogens (tertiary/aromatic N) is 1. The number of nitrogens with one attached hydrogen (secondary N) is 2. The molecule has 0 saturated heterocycles. The molecule has 0 unspecified atom stereocenters. The summed E-state index contributed by atoms with van der Waals surface area (Å²) >= 11 is 0. The lowest BCUT2D eigenvalue weighted by atomic mass is 10.1. The third-order valence-electron chi connectivity index (χ3n) is 3.86. The van der Waals surface area contributed by atoms with Crippen molar-refractivity contribution in [2.24, 2.45) is 0 Å². The van der Waals surface area contributed by atoms with Gasteiger partial charge in [-0.25, -0.2) is 13.1 Å². The third kappa shape index (κ3) is 4.80. The minimum Gasteiger partial charge on any atom is -0.361 e. The number of benzene rings is 1. The summed E-state index contributed by atoms with van der Waals surface area (Å²) in [5.41, 5.74) is 2.23. The third-order valence-corrected chi connectivity index (χ3v) is 5.26. The molecule has 126 valence electrons. The molecule has 0 aliphatic rings. The summed E-state index contributed by atoms with van der Waals surface area (Å²) in [4.78, 5) is 16.6. The maximum atomic E-state index is 11.7. The van der Waals surface area contributed by atoms with Crippen LogP contribution < -0.4 is 4.72 Å². The number of H-pyrrole nitrogens is 1. The molecular weight excluding hydrogens is 314 g/mol. The summed E-state index contributed by atoms with van der Waals surface area (Å²) in [6, 6.07) is 8.03. The second-order valence-electron chi connectivity index (χ2n) is 5.41. The summed E-state index contributed by atoms with van der Waals surface area (Å²) in [6.07, 6.45) is 2.69. The number of aromatic nitrogens is 1. The van der Waals surface area contributed by atoms with E-state index in [4.69, 9.17) is 0 Å². The molecule has 0 spiro atoms. The fourth-order valence-corrected chi connectivity index (χ4v) is 3.07. The Balaban J connectivity index is 1.93. The summed E-state index contributed by atoms with van der Waals surface area (Å²) in [6.45, 7) is 4.26. The van der Waals surface area contributed by atoms with Crippen molar-refractivity contribution in [1.82, 2.24) is 14.6 Å². The molecule has 2 aromatic rings. The Morgan fingerprint density at radius 1 is 1.26 bits per heavy atom. The van der Waals surface area contributed by atoms with Crippen LogP contribution in [0.25, 0.3) is 10.9 Å². The maximum Gasteiger partial charge on any atom is 0.219 e. The topological polar surface area (TPSA) is 82.3 Å². The van der Waals surface area contributed by atoms with Crippen LogP contribution in [0, 0.1) is 0 Å². The number of carbonyl (C=O) groups excluding carboxylic acids is 1. The van der Waals surface area contributed by atoms with Crippen molar-refractivity contribution in [2.75, 3.05) is 25.4 Å². The molecule has 0 aliphatic heterocycles. The SMILES string of the molecule is CCS(=O)(=O)NCCN(CCc1c[nH]c2ccccc12)C(C)=O. The summed E-state index contributed by atoms with van der Waals surface area (Å²) < 4.78 is 25.3. The van der Waals surface area contributed by atoms with Crippen LogP contribution in [-0.4, -0.2) is 49.6 Å². The van der Waals surface area contributed by atoms with E-state index in [2.05, 4.69) is 15.8 Å². The van der Waals surface area contributed by atoms with Gasteiger partial charge in [-0.15, -0.1) is 0 Å². The quantitative estimate of drug-likeness (QED) is 0.766. The molecule has 2 rings (SSSR count). The van der Waals surface area contributed by atoms with Gasteiger partial charge in [0.1, 0.15) is 0 Å². The first kappa shape index (κ1) is 17.5. The molecule has 1 amide bonds. The van der Waals surface area contributed by atoms with E-state index in [-0.39, 0.29) is 18.2 Å². The van der Waals surface area contributed by atoms with Gasteiger partial charge in [-0.1, -0.05) is 18.2 Å². The number of hydrogen-bond acceptors (Lipinski definition) is 3. The number of rotatable bonds is 8. The number of carbonyl (C=O) groups is 1. The van der Waals surface area contributed by atoms with E-state index in [1.807, 2.05) is 24.4 Å². The summed E-state index contributed by atoms with van der Waals surface area (Å²) in [5, 5.41) is 1.16. The molecule has 23 heavy (non-hydrogen) atoms. The lowest BCUT2D eigenvalue weighted by Gasteiger charge is -2.21. The van der Waals surface area contributed by atoms with Gasteiger partial charge in [0.05, 0.1) is 5.75 Å². The smallest absolute Gasteiger partial charge is 0.219 e. The van der Waals surface area contributed by atoms with Crippen LogP contribution in [0.4, 0.5) is 0 Å². The molecule has 0 fully saturated rings. The highest BCUT2D eigenvalue weighted by Crippen LogP contribution is 2.18. The van der Waals surface area contributed by atoms with Crippen molar-refractivity contribution >= 4 is 26.8 Å². The molecule has 1 aromatic heterocycles. The number of hydrogen-bond donors (Lipinski definition) is 2. The highest BCUT2D eigenvalue weighted by Gasteiger charge is 2.12. The Kier molecular flexibility index (Phi) is 5.79. The van der Waals surface area contributed by atoms with Crippen LogP contribution in [0.15, 0.2) is 30.5 Å². The van der Waals surface area contributed by atoms with Crippen LogP contribution >= 0.6 is 0 Å². The van der Waals surface area contributed by atoms with Crippen molar-refractivity contribution in [2.45, 2.75) is 20.3 Å². The average Bonchev–Trinajstić information content (AvgIpc) is 2.93. The zero-order valence-electron chi connectivity index (χ0n) is 13.5. The van der Waals surface area contributed by atoms with E-state index >= 15 is 0 Å². The number of fused-ring (bicyclic) bond motifs is 1. The molecule has 0 bridgehead atoms. The van der Waals surface area contributed by atoms with E-state index < -0.39 is 10.0 Å². The van der Waals surface area contributed by atoms with Crippen LogP contribution in [0.2, 0.25) is 0 Å². The van der Waals surface area contributed by atoms with Crippen molar-refractivity contribution in [3.8, 4) is 0 Å². The van der Waals surface area contributed by atoms with Gasteiger partial charge in [-0.05, 0) is 25.0 Å². The van der Waals surface area contributed by atoms with Crippen LogP contribution in [0.3, 0.4) is 0 Å².